The maximum atomic E-state index is 10.5. The van der Waals surface area contributed by atoms with Crippen LogP contribution in [0.2, 0.25) is 0 Å². The van der Waals surface area contributed by atoms with E-state index in [2.05, 4.69) is 15.8 Å². The van der Waals surface area contributed by atoms with E-state index >= 15 is 0 Å². The van der Waals surface area contributed by atoms with E-state index in [-0.39, 0.29) is 6.61 Å². The van der Waals surface area contributed by atoms with Gasteiger partial charge in [0, 0.05) is 6.04 Å². The molecule has 130 valence electrons. The van der Waals surface area contributed by atoms with E-state index in [4.69, 9.17) is 22.1 Å². The number of thiocarbonyl (C=S) groups is 1. The minimum absolute atomic E-state index is 0.352. The predicted octanol–water partition coefficient (Wildman–Crippen LogP) is 2.67. The molecular formula is C17H23N3O3S. The number of hydrazone groups is 1. The molecule has 1 aliphatic carbocycles. The zero-order chi connectivity index (χ0) is 17.4. The lowest BCUT2D eigenvalue weighted by Gasteiger charge is -2.23. The van der Waals surface area contributed by atoms with E-state index in [1.165, 1.54) is 19.3 Å². The first-order chi connectivity index (χ1) is 11.5. The summed E-state index contributed by atoms with van der Waals surface area (Å²) in [5.74, 6) is -0.489. The molecule has 1 aromatic rings. The van der Waals surface area contributed by atoms with Crippen LogP contribution in [0.5, 0.6) is 5.75 Å². The number of ether oxygens (including phenoxy) is 1. The van der Waals surface area contributed by atoms with Gasteiger partial charge in [-0.25, -0.2) is 4.79 Å². The first kappa shape index (κ1) is 18.2. The van der Waals surface area contributed by atoms with Crippen LogP contribution in [0.4, 0.5) is 0 Å². The second-order valence-electron chi connectivity index (χ2n) is 5.82. The van der Waals surface area contributed by atoms with Gasteiger partial charge in [-0.1, -0.05) is 19.3 Å². The highest BCUT2D eigenvalue weighted by Gasteiger charge is 2.13. The summed E-state index contributed by atoms with van der Waals surface area (Å²) >= 11 is 5.28. The third kappa shape index (κ3) is 6.16. The van der Waals surface area contributed by atoms with Crippen molar-refractivity contribution in [1.29, 1.82) is 0 Å². The molecule has 3 N–H and O–H groups in total. The number of rotatable bonds is 6. The summed E-state index contributed by atoms with van der Waals surface area (Å²) in [6.45, 7) is 1.53. The summed E-state index contributed by atoms with van der Waals surface area (Å²) in [5.41, 5.74) is 4.58. The van der Waals surface area contributed by atoms with Crippen molar-refractivity contribution in [3.63, 3.8) is 0 Å². The van der Waals surface area contributed by atoms with Crippen LogP contribution in [-0.2, 0) is 4.79 Å². The van der Waals surface area contributed by atoms with Crippen LogP contribution in [0.3, 0.4) is 0 Å². The van der Waals surface area contributed by atoms with Crippen molar-refractivity contribution in [3.05, 3.63) is 29.8 Å². The van der Waals surface area contributed by atoms with Crippen LogP contribution < -0.4 is 15.5 Å². The van der Waals surface area contributed by atoms with Gasteiger partial charge in [-0.3, -0.25) is 5.43 Å². The molecule has 1 saturated carbocycles. The minimum Gasteiger partial charge on any atom is -0.482 e. The van der Waals surface area contributed by atoms with Gasteiger partial charge < -0.3 is 15.2 Å². The minimum atomic E-state index is -1.00. The van der Waals surface area contributed by atoms with Gasteiger partial charge >= 0.3 is 5.97 Å². The number of nitrogens with zero attached hydrogens (tertiary/aromatic N) is 1. The van der Waals surface area contributed by atoms with Crippen LogP contribution in [0.1, 0.15) is 44.6 Å². The molecule has 0 aromatic heterocycles. The Morgan fingerprint density at radius 2 is 1.96 bits per heavy atom. The third-order valence-electron chi connectivity index (χ3n) is 3.90. The van der Waals surface area contributed by atoms with E-state index in [1.807, 2.05) is 19.1 Å². The molecule has 1 aromatic carbocycles. The number of carbonyl (C=O) groups is 1. The van der Waals surface area contributed by atoms with Crippen molar-refractivity contribution in [1.82, 2.24) is 10.7 Å². The number of nitrogens with one attached hydrogen (secondary N) is 2. The number of carboxylic acid groups (broad SMARTS) is 1. The zero-order valence-electron chi connectivity index (χ0n) is 13.7. The molecule has 1 aliphatic rings. The number of hydrogen-bond acceptors (Lipinski definition) is 4. The van der Waals surface area contributed by atoms with Gasteiger partial charge in [0.1, 0.15) is 5.75 Å². The topological polar surface area (TPSA) is 83.0 Å². The molecule has 24 heavy (non-hydrogen) atoms. The molecule has 0 aliphatic heterocycles. The summed E-state index contributed by atoms with van der Waals surface area (Å²) in [5, 5.41) is 16.7. The van der Waals surface area contributed by atoms with Gasteiger partial charge in [-0.2, -0.15) is 5.10 Å². The summed E-state index contributed by atoms with van der Waals surface area (Å²) in [6, 6.07) is 7.54. The van der Waals surface area contributed by atoms with Crippen LogP contribution in [0.15, 0.2) is 29.4 Å². The van der Waals surface area contributed by atoms with Crippen LogP contribution in [0.25, 0.3) is 0 Å². The van der Waals surface area contributed by atoms with Crippen molar-refractivity contribution in [2.45, 2.75) is 45.1 Å². The molecule has 2 rings (SSSR count). The Hall–Kier alpha value is -2.15. The van der Waals surface area contributed by atoms with Gasteiger partial charge in [0.25, 0.3) is 0 Å². The van der Waals surface area contributed by atoms with Crippen molar-refractivity contribution in [2.75, 3.05) is 6.61 Å². The summed E-state index contributed by atoms with van der Waals surface area (Å²) in [4.78, 5) is 10.5. The molecule has 0 amide bonds. The Morgan fingerprint density at radius 3 is 2.58 bits per heavy atom. The molecule has 0 unspecified atom stereocenters. The normalized spacial score (nSPS) is 15.6. The SMILES string of the molecule is C/C(=N/NC(=S)NC1CCCCC1)c1ccc(OCC(=O)O)cc1. The Balaban J connectivity index is 1.83. The molecule has 7 heteroatoms. The van der Waals surface area contributed by atoms with E-state index in [9.17, 15) is 4.79 Å². The number of benzene rings is 1. The average molecular weight is 349 g/mol. The standard InChI is InChI=1S/C17H23N3O3S/c1-12(13-7-9-15(10-8-13)23-11-16(21)22)19-20-17(24)18-14-5-3-2-4-6-14/h7-10,14H,2-6,11H2,1H3,(H,21,22)(H2,18,20,24)/b19-12-. The first-order valence-electron chi connectivity index (χ1n) is 8.10. The van der Waals surface area contributed by atoms with Crippen LogP contribution in [-0.4, -0.2) is 34.5 Å². The molecule has 0 spiro atoms. The van der Waals surface area contributed by atoms with Crippen LogP contribution >= 0.6 is 12.2 Å². The lowest BCUT2D eigenvalue weighted by Crippen LogP contribution is -2.41. The molecule has 0 radical (unpaired) electrons. The largest absolute Gasteiger partial charge is 0.482 e. The molecule has 6 nitrogen and oxygen atoms in total. The highest BCUT2D eigenvalue weighted by atomic mass is 32.1. The first-order valence-corrected chi connectivity index (χ1v) is 8.51. The van der Waals surface area contributed by atoms with Gasteiger partial charge in [-0.15, -0.1) is 0 Å². The van der Waals surface area contributed by atoms with E-state index < -0.39 is 5.97 Å². The number of aliphatic carboxylic acids is 1. The lowest BCUT2D eigenvalue weighted by atomic mass is 9.96. The quantitative estimate of drug-likeness (QED) is 0.416. The fourth-order valence-corrected chi connectivity index (χ4v) is 2.81. The predicted molar refractivity (Wildman–Crippen MR) is 97.5 cm³/mol. The maximum absolute atomic E-state index is 10.5. The Morgan fingerprint density at radius 1 is 1.29 bits per heavy atom. The fraction of sp³-hybridized carbons (Fsp3) is 0.471. The van der Waals surface area contributed by atoms with E-state index in [0.29, 0.717) is 16.9 Å². The van der Waals surface area contributed by atoms with Crippen molar-refractivity contribution in [3.8, 4) is 5.75 Å². The third-order valence-corrected chi connectivity index (χ3v) is 4.11. The summed E-state index contributed by atoms with van der Waals surface area (Å²) in [7, 11) is 0. The Labute approximate surface area is 147 Å². The van der Waals surface area contributed by atoms with Crippen molar-refractivity contribution in [2.24, 2.45) is 5.10 Å². The molecule has 1 fully saturated rings. The Bertz CT molecular complexity index is 596. The fourth-order valence-electron chi connectivity index (χ4n) is 2.60. The van der Waals surface area contributed by atoms with Gasteiger partial charge in [0.15, 0.2) is 11.7 Å². The molecule has 0 saturated heterocycles. The molecule has 0 bridgehead atoms. The van der Waals surface area contributed by atoms with Gasteiger partial charge in [-0.05, 0) is 61.8 Å². The van der Waals surface area contributed by atoms with E-state index in [0.717, 1.165) is 24.1 Å². The van der Waals surface area contributed by atoms with Gasteiger partial charge in [0.2, 0.25) is 0 Å². The van der Waals surface area contributed by atoms with Crippen molar-refractivity contribution >= 4 is 29.0 Å². The molecule has 0 atom stereocenters. The zero-order valence-corrected chi connectivity index (χ0v) is 14.6. The van der Waals surface area contributed by atoms with Gasteiger partial charge in [0.05, 0.1) is 5.71 Å². The second kappa shape index (κ2) is 9.22. The average Bonchev–Trinajstić information content (AvgIpc) is 2.59. The van der Waals surface area contributed by atoms with Crippen molar-refractivity contribution < 1.29 is 14.6 Å². The smallest absolute Gasteiger partial charge is 0.341 e. The molecular weight excluding hydrogens is 326 g/mol. The summed E-state index contributed by atoms with van der Waals surface area (Å²) in [6.07, 6.45) is 6.12. The molecule has 0 heterocycles. The monoisotopic (exact) mass is 349 g/mol. The van der Waals surface area contributed by atoms with Crippen LogP contribution in [0, 0.1) is 0 Å². The highest BCUT2D eigenvalue weighted by Crippen LogP contribution is 2.17. The summed E-state index contributed by atoms with van der Waals surface area (Å²) < 4.78 is 5.10. The number of carboxylic acids is 1. The van der Waals surface area contributed by atoms with E-state index in [1.54, 1.807) is 12.1 Å². The number of hydrogen-bond donors (Lipinski definition) is 3. The second-order valence-corrected chi connectivity index (χ2v) is 6.23. The lowest BCUT2D eigenvalue weighted by molar-refractivity contribution is -0.139. The maximum Gasteiger partial charge on any atom is 0.341 e. The Kier molecular flexibility index (Phi) is 6.99. The highest BCUT2D eigenvalue weighted by molar-refractivity contribution is 7.80.